The van der Waals surface area contributed by atoms with E-state index in [1.807, 2.05) is 32.9 Å². The Labute approximate surface area is 123 Å². The number of alkyl carbamates (subject to hydrolysis) is 1. The Morgan fingerprint density at radius 3 is 2.37 bits per heavy atom. The van der Waals surface area contributed by atoms with E-state index >= 15 is 0 Å². The van der Waals surface area contributed by atoms with Gasteiger partial charge in [0, 0.05) is 22.0 Å². The quantitative estimate of drug-likeness (QED) is 0.880. The van der Waals surface area contributed by atoms with Crippen molar-refractivity contribution >= 4 is 29.3 Å². The average molecular weight is 302 g/mol. The van der Waals surface area contributed by atoms with Gasteiger partial charge in [0.05, 0.1) is 0 Å². The third-order valence-corrected chi connectivity index (χ3v) is 3.24. The number of rotatable bonds is 2. The molecule has 0 saturated heterocycles. The molecule has 0 spiro atoms. The van der Waals surface area contributed by atoms with E-state index in [-0.39, 0.29) is 18.1 Å². The fourth-order valence-corrected chi connectivity index (χ4v) is 2.51. The second kappa shape index (κ2) is 5.22. The highest BCUT2D eigenvalue weighted by molar-refractivity contribution is 6.34. The number of halogens is 2. The van der Waals surface area contributed by atoms with Crippen LogP contribution in [0, 0.1) is 0 Å². The molecule has 1 N–H and O–H groups in total. The second-order valence-electron chi connectivity index (χ2n) is 5.80. The molecule has 1 aromatic rings. The van der Waals surface area contributed by atoms with Crippen LogP contribution >= 0.6 is 23.2 Å². The Bertz CT molecular complexity index is 476. The van der Waals surface area contributed by atoms with E-state index in [2.05, 4.69) is 5.32 Å². The Balaban J connectivity index is 1.92. The number of ether oxygens (including phenoxy) is 1. The topological polar surface area (TPSA) is 38.3 Å². The van der Waals surface area contributed by atoms with Gasteiger partial charge in [0.25, 0.3) is 0 Å². The predicted octanol–water partition coefficient (Wildman–Crippen LogP) is 4.37. The van der Waals surface area contributed by atoms with Crippen LogP contribution in [0.15, 0.2) is 18.2 Å². The largest absolute Gasteiger partial charge is 0.444 e. The fourth-order valence-electron chi connectivity index (χ4n) is 1.97. The molecular weight excluding hydrogens is 285 g/mol. The van der Waals surface area contributed by atoms with Crippen molar-refractivity contribution in [2.75, 3.05) is 0 Å². The van der Waals surface area contributed by atoms with Crippen LogP contribution in [0.1, 0.15) is 38.7 Å². The van der Waals surface area contributed by atoms with Crippen molar-refractivity contribution in [2.24, 2.45) is 0 Å². The minimum absolute atomic E-state index is 0.101. The highest BCUT2D eigenvalue weighted by atomic mass is 35.5. The smallest absolute Gasteiger partial charge is 0.407 e. The molecule has 1 amide bonds. The summed E-state index contributed by atoms with van der Waals surface area (Å²) in [6.07, 6.45) is 0.503. The van der Waals surface area contributed by atoms with Gasteiger partial charge in [0.15, 0.2) is 0 Å². The maximum atomic E-state index is 11.6. The zero-order chi connectivity index (χ0) is 14.2. The molecule has 0 aromatic heterocycles. The lowest BCUT2D eigenvalue weighted by Crippen LogP contribution is -2.34. The van der Waals surface area contributed by atoms with E-state index in [4.69, 9.17) is 27.9 Å². The molecule has 1 aliphatic carbocycles. The van der Waals surface area contributed by atoms with E-state index in [0.29, 0.717) is 10.0 Å². The highest BCUT2D eigenvalue weighted by Gasteiger charge is 2.40. The van der Waals surface area contributed by atoms with Crippen LogP contribution < -0.4 is 5.32 Å². The molecule has 0 radical (unpaired) electrons. The van der Waals surface area contributed by atoms with Gasteiger partial charge < -0.3 is 10.1 Å². The van der Waals surface area contributed by atoms with Crippen LogP contribution in [0.2, 0.25) is 10.0 Å². The zero-order valence-corrected chi connectivity index (χ0v) is 12.7. The van der Waals surface area contributed by atoms with Crippen LogP contribution in [-0.2, 0) is 4.74 Å². The minimum Gasteiger partial charge on any atom is -0.444 e. The number of carbonyl (C=O) groups is 1. The van der Waals surface area contributed by atoms with Crippen LogP contribution in [0.5, 0.6) is 0 Å². The monoisotopic (exact) mass is 301 g/mol. The van der Waals surface area contributed by atoms with Crippen molar-refractivity contribution in [1.82, 2.24) is 5.32 Å². The van der Waals surface area contributed by atoms with Gasteiger partial charge in [-0.05, 0) is 51.0 Å². The van der Waals surface area contributed by atoms with E-state index in [0.717, 1.165) is 12.0 Å². The van der Waals surface area contributed by atoms with Gasteiger partial charge in [-0.15, -0.1) is 0 Å². The molecule has 0 heterocycles. The molecule has 0 bridgehead atoms. The lowest BCUT2D eigenvalue weighted by Gasteiger charge is -2.19. The lowest BCUT2D eigenvalue weighted by atomic mass is 10.1. The zero-order valence-electron chi connectivity index (χ0n) is 11.2. The van der Waals surface area contributed by atoms with Gasteiger partial charge in [-0.25, -0.2) is 4.79 Å². The number of nitrogens with one attached hydrogen (secondary N) is 1. The number of amides is 1. The Hall–Kier alpha value is -0.930. The van der Waals surface area contributed by atoms with Crippen molar-refractivity contribution in [3.8, 4) is 0 Å². The first-order valence-electron chi connectivity index (χ1n) is 6.20. The fraction of sp³-hybridized carbons (Fsp3) is 0.500. The van der Waals surface area contributed by atoms with E-state index in [9.17, 15) is 4.79 Å². The SMILES string of the molecule is CC(C)(C)OC(=O)NC1CC1c1cc(Cl)cc(Cl)c1. The first-order valence-corrected chi connectivity index (χ1v) is 6.96. The maximum Gasteiger partial charge on any atom is 0.407 e. The molecule has 2 rings (SSSR count). The van der Waals surface area contributed by atoms with Crippen molar-refractivity contribution in [2.45, 2.75) is 44.8 Å². The molecular formula is C14H17Cl2NO2. The summed E-state index contributed by atoms with van der Waals surface area (Å²) in [5.41, 5.74) is 0.576. The van der Waals surface area contributed by atoms with Gasteiger partial charge in [-0.3, -0.25) is 0 Å². The van der Waals surface area contributed by atoms with Crippen LogP contribution in [0.3, 0.4) is 0 Å². The number of hydrogen-bond donors (Lipinski definition) is 1. The van der Waals surface area contributed by atoms with Gasteiger partial charge in [-0.2, -0.15) is 0 Å². The van der Waals surface area contributed by atoms with E-state index in [1.165, 1.54) is 0 Å². The summed E-state index contributed by atoms with van der Waals surface area (Å²) < 4.78 is 5.22. The van der Waals surface area contributed by atoms with Crippen LogP contribution in [0.25, 0.3) is 0 Å². The van der Waals surface area contributed by atoms with Gasteiger partial charge >= 0.3 is 6.09 Å². The molecule has 2 unspecified atom stereocenters. The molecule has 3 nitrogen and oxygen atoms in total. The summed E-state index contributed by atoms with van der Waals surface area (Å²) in [4.78, 5) is 11.6. The third-order valence-electron chi connectivity index (χ3n) is 2.81. The van der Waals surface area contributed by atoms with Crippen molar-refractivity contribution < 1.29 is 9.53 Å². The first-order chi connectivity index (χ1) is 8.74. The van der Waals surface area contributed by atoms with Gasteiger partial charge in [0.2, 0.25) is 0 Å². The van der Waals surface area contributed by atoms with E-state index < -0.39 is 5.60 Å². The van der Waals surface area contributed by atoms with Crippen LogP contribution in [-0.4, -0.2) is 17.7 Å². The van der Waals surface area contributed by atoms with Crippen molar-refractivity contribution in [1.29, 1.82) is 0 Å². The molecule has 5 heteroatoms. The van der Waals surface area contributed by atoms with Crippen LogP contribution in [0.4, 0.5) is 4.79 Å². The minimum atomic E-state index is -0.478. The molecule has 1 aromatic carbocycles. The molecule has 1 fully saturated rings. The number of carbonyl (C=O) groups excluding carboxylic acids is 1. The Morgan fingerprint density at radius 2 is 1.84 bits per heavy atom. The normalized spacial score (nSPS) is 21.9. The third kappa shape index (κ3) is 4.29. The summed E-state index contributed by atoms with van der Waals surface area (Å²) in [5, 5.41) is 4.08. The summed E-state index contributed by atoms with van der Waals surface area (Å²) in [6, 6.07) is 5.57. The summed E-state index contributed by atoms with van der Waals surface area (Å²) >= 11 is 11.9. The molecule has 104 valence electrons. The Morgan fingerprint density at radius 1 is 1.26 bits per heavy atom. The van der Waals surface area contributed by atoms with Crippen molar-refractivity contribution in [3.63, 3.8) is 0 Å². The summed E-state index contributed by atoms with van der Waals surface area (Å²) in [5.74, 6) is 0.267. The molecule has 1 aliphatic rings. The van der Waals surface area contributed by atoms with E-state index in [1.54, 1.807) is 6.07 Å². The number of benzene rings is 1. The molecule has 19 heavy (non-hydrogen) atoms. The second-order valence-corrected chi connectivity index (χ2v) is 6.67. The average Bonchev–Trinajstić information content (AvgIpc) is 2.92. The highest BCUT2D eigenvalue weighted by Crippen LogP contribution is 2.42. The summed E-state index contributed by atoms with van der Waals surface area (Å²) in [7, 11) is 0. The van der Waals surface area contributed by atoms with Gasteiger partial charge in [0.1, 0.15) is 5.60 Å². The first kappa shape index (κ1) is 14.5. The molecule has 0 aliphatic heterocycles. The number of hydrogen-bond acceptors (Lipinski definition) is 2. The molecule has 2 atom stereocenters. The predicted molar refractivity (Wildman–Crippen MR) is 77.0 cm³/mol. The van der Waals surface area contributed by atoms with Gasteiger partial charge in [-0.1, -0.05) is 23.2 Å². The lowest BCUT2D eigenvalue weighted by molar-refractivity contribution is 0.0523. The summed E-state index contributed by atoms with van der Waals surface area (Å²) in [6.45, 7) is 5.52. The Kier molecular flexibility index (Phi) is 3.98. The molecule has 1 saturated carbocycles. The maximum absolute atomic E-state index is 11.6. The standard InChI is InChI=1S/C14H17Cl2NO2/c1-14(2,3)19-13(18)17-12-7-11(12)8-4-9(15)6-10(16)5-8/h4-6,11-12H,7H2,1-3H3,(H,17,18). The van der Waals surface area contributed by atoms with Crippen molar-refractivity contribution in [3.05, 3.63) is 33.8 Å².